The number of nitrogens with zero attached hydrogens (tertiary/aromatic N) is 5. The second-order valence-electron chi connectivity index (χ2n) is 7.98. The Hall–Kier alpha value is -3.89. The smallest absolute Gasteiger partial charge is 0.224 e. The van der Waals surface area contributed by atoms with E-state index in [0.717, 1.165) is 25.9 Å². The zero-order valence-electron chi connectivity index (χ0n) is 19.4. The lowest BCUT2D eigenvalue weighted by Crippen LogP contribution is -2.27. The molecule has 1 fully saturated rings. The lowest BCUT2D eigenvalue weighted by Gasteiger charge is -2.15. The van der Waals surface area contributed by atoms with Crippen molar-refractivity contribution in [3.8, 4) is 11.5 Å². The normalized spacial score (nSPS) is 13.4. The Kier molecular flexibility index (Phi) is 7.41. The van der Waals surface area contributed by atoms with Gasteiger partial charge in [0.1, 0.15) is 17.3 Å². The number of benzene rings is 1. The second-order valence-corrected chi connectivity index (χ2v) is 7.98. The highest BCUT2D eigenvalue weighted by Gasteiger charge is 2.19. The minimum Gasteiger partial charge on any atom is -0.497 e. The molecule has 34 heavy (non-hydrogen) atoms. The van der Waals surface area contributed by atoms with Crippen LogP contribution in [0.25, 0.3) is 5.65 Å². The second kappa shape index (κ2) is 10.8. The molecule has 0 unspecified atom stereocenters. The molecule has 0 radical (unpaired) electrons. The zero-order valence-corrected chi connectivity index (χ0v) is 19.4. The first-order valence-corrected chi connectivity index (χ1v) is 11.3. The predicted molar refractivity (Wildman–Crippen MR) is 126 cm³/mol. The van der Waals surface area contributed by atoms with E-state index in [2.05, 4.69) is 25.9 Å². The van der Waals surface area contributed by atoms with E-state index in [0.29, 0.717) is 53.9 Å². The van der Waals surface area contributed by atoms with Crippen molar-refractivity contribution in [2.75, 3.05) is 44.5 Å². The van der Waals surface area contributed by atoms with E-state index in [1.165, 1.54) is 0 Å². The maximum Gasteiger partial charge on any atom is 0.224 e. The number of aryl methyl sites for hydroxylation is 1. The highest BCUT2D eigenvalue weighted by molar-refractivity contribution is 5.92. The molecule has 0 saturated carbocycles. The van der Waals surface area contributed by atoms with Crippen molar-refractivity contribution in [2.45, 2.75) is 32.1 Å². The van der Waals surface area contributed by atoms with Crippen LogP contribution in [-0.4, -0.2) is 70.4 Å². The van der Waals surface area contributed by atoms with Gasteiger partial charge in [0, 0.05) is 45.0 Å². The van der Waals surface area contributed by atoms with Crippen molar-refractivity contribution in [1.29, 1.82) is 0 Å². The molecule has 1 saturated heterocycles. The minimum absolute atomic E-state index is 0.186. The third-order valence-corrected chi connectivity index (χ3v) is 5.67. The molecular weight excluding hydrogens is 438 g/mol. The van der Waals surface area contributed by atoms with E-state index in [1.807, 2.05) is 17.0 Å². The largest absolute Gasteiger partial charge is 0.497 e. The third kappa shape index (κ3) is 5.53. The number of methoxy groups -OCH3 is 2. The van der Waals surface area contributed by atoms with Crippen LogP contribution in [0.3, 0.4) is 0 Å². The van der Waals surface area contributed by atoms with Crippen LogP contribution in [-0.2, 0) is 16.0 Å². The SMILES string of the molecule is COc1ccc(OC)c(NC(=O)CCc2nnc3ccc(NCCCN4CCCC4=O)nn23)c1. The van der Waals surface area contributed by atoms with Gasteiger partial charge in [0.05, 0.1) is 19.9 Å². The lowest BCUT2D eigenvalue weighted by molar-refractivity contribution is -0.127. The molecule has 3 heterocycles. The third-order valence-electron chi connectivity index (χ3n) is 5.67. The molecule has 0 atom stereocenters. The summed E-state index contributed by atoms with van der Waals surface area (Å²) in [6, 6.07) is 8.89. The number of aromatic nitrogens is 4. The average Bonchev–Trinajstić information content (AvgIpc) is 3.45. The van der Waals surface area contributed by atoms with Gasteiger partial charge in [-0.3, -0.25) is 9.59 Å². The van der Waals surface area contributed by atoms with E-state index in [1.54, 1.807) is 36.9 Å². The molecule has 2 amide bonds. The van der Waals surface area contributed by atoms with Gasteiger partial charge in [-0.15, -0.1) is 15.3 Å². The van der Waals surface area contributed by atoms with Gasteiger partial charge in [-0.1, -0.05) is 0 Å². The van der Waals surface area contributed by atoms with Crippen molar-refractivity contribution < 1.29 is 19.1 Å². The van der Waals surface area contributed by atoms with Crippen LogP contribution in [0.4, 0.5) is 11.5 Å². The van der Waals surface area contributed by atoms with Crippen molar-refractivity contribution >= 4 is 29.0 Å². The molecule has 0 bridgehead atoms. The standard InChI is InChI=1S/C23H29N7O4/c1-33-16-6-7-18(34-2)17(15-16)25-22(31)11-10-21-27-26-20-9-8-19(28-30(20)21)24-12-4-14-29-13-3-5-23(29)32/h6-9,15H,3-5,10-14H2,1-2H3,(H,24,28)(H,25,31). The maximum atomic E-state index is 12.6. The Morgan fingerprint density at radius 3 is 2.79 bits per heavy atom. The first-order chi connectivity index (χ1) is 16.6. The molecule has 2 N–H and O–H groups in total. The van der Waals surface area contributed by atoms with Crippen LogP contribution in [0, 0.1) is 0 Å². The summed E-state index contributed by atoms with van der Waals surface area (Å²) >= 11 is 0. The summed E-state index contributed by atoms with van der Waals surface area (Å²) in [7, 11) is 3.11. The van der Waals surface area contributed by atoms with Crippen molar-refractivity contribution in [1.82, 2.24) is 24.7 Å². The summed E-state index contributed by atoms with van der Waals surface area (Å²) in [6.07, 6.45) is 3.02. The fourth-order valence-corrected chi connectivity index (χ4v) is 3.86. The Balaban J connectivity index is 1.32. The zero-order chi connectivity index (χ0) is 23.9. The predicted octanol–water partition coefficient (Wildman–Crippen LogP) is 2.14. The van der Waals surface area contributed by atoms with Crippen molar-refractivity contribution in [3.63, 3.8) is 0 Å². The molecule has 1 aromatic carbocycles. The highest BCUT2D eigenvalue weighted by Crippen LogP contribution is 2.29. The van der Waals surface area contributed by atoms with Gasteiger partial charge < -0.3 is 25.0 Å². The van der Waals surface area contributed by atoms with Crippen LogP contribution in [0.5, 0.6) is 11.5 Å². The molecule has 1 aliphatic rings. The Morgan fingerprint density at radius 1 is 1.15 bits per heavy atom. The van der Waals surface area contributed by atoms with Crippen LogP contribution in [0.15, 0.2) is 30.3 Å². The highest BCUT2D eigenvalue weighted by atomic mass is 16.5. The number of hydrogen-bond acceptors (Lipinski definition) is 8. The number of anilines is 2. The first-order valence-electron chi connectivity index (χ1n) is 11.3. The van der Waals surface area contributed by atoms with Gasteiger partial charge >= 0.3 is 0 Å². The number of rotatable bonds is 11. The summed E-state index contributed by atoms with van der Waals surface area (Å²) in [5.74, 6) is 2.50. The fraction of sp³-hybridized carbons (Fsp3) is 0.435. The average molecular weight is 468 g/mol. The summed E-state index contributed by atoms with van der Waals surface area (Å²) in [5.41, 5.74) is 1.15. The number of amides is 2. The van der Waals surface area contributed by atoms with Gasteiger partial charge in [0.15, 0.2) is 11.5 Å². The number of carbonyl (C=O) groups excluding carboxylic acids is 2. The van der Waals surface area contributed by atoms with E-state index in [4.69, 9.17) is 9.47 Å². The fourth-order valence-electron chi connectivity index (χ4n) is 3.86. The molecule has 11 heteroatoms. The van der Waals surface area contributed by atoms with E-state index < -0.39 is 0 Å². The van der Waals surface area contributed by atoms with Crippen LogP contribution < -0.4 is 20.1 Å². The molecule has 0 spiro atoms. The van der Waals surface area contributed by atoms with E-state index in [9.17, 15) is 9.59 Å². The minimum atomic E-state index is -0.186. The first kappa shape index (κ1) is 23.3. The van der Waals surface area contributed by atoms with Gasteiger partial charge in [0.2, 0.25) is 11.8 Å². The molecule has 2 aromatic heterocycles. The van der Waals surface area contributed by atoms with Crippen LogP contribution in [0.2, 0.25) is 0 Å². The molecular formula is C23H29N7O4. The number of ether oxygens (including phenoxy) is 2. The quantitative estimate of drug-likeness (QED) is 0.411. The summed E-state index contributed by atoms with van der Waals surface area (Å²) in [6.45, 7) is 2.30. The monoisotopic (exact) mass is 467 g/mol. The Morgan fingerprint density at radius 2 is 2.03 bits per heavy atom. The molecule has 11 nitrogen and oxygen atoms in total. The van der Waals surface area contributed by atoms with Crippen LogP contribution >= 0.6 is 0 Å². The number of carbonyl (C=O) groups is 2. The van der Waals surface area contributed by atoms with E-state index in [-0.39, 0.29) is 18.2 Å². The van der Waals surface area contributed by atoms with Gasteiger partial charge in [-0.25, -0.2) is 0 Å². The van der Waals surface area contributed by atoms with E-state index >= 15 is 0 Å². The summed E-state index contributed by atoms with van der Waals surface area (Å²) < 4.78 is 12.2. The topological polar surface area (TPSA) is 123 Å². The van der Waals surface area contributed by atoms with Gasteiger partial charge in [-0.2, -0.15) is 4.52 Å². The molecule has 4 rings (SSSR count). The maximum absolute atomic E-state index is 12.6. The van der Waals surface area contributed by atoms with Crippen molar-refractivity contribution in [3.05, 3.63) is 36.2 Å². The number of nitrogens with one attached hydrogen (secondary N) is 2. The number of hydrogen-bond donors (Lipinski definition) is 2. The number of fused-ring (bicyclic) bond motifs is 1. The number of likely N-dealkylation sites (tertiary alicyclic amines) is 1. The lowest BCUT2D eigenvalue weighted by atomic mass is 10.2. The summed E-state index contributed by atoms with van der Waals surface area (Å²) in [5, 5.41) is 19.0. The molecule has 3 aromatic rings. The van der Waals surface area contributed by atoms with Crippen LogP contribution in [0.1, 0.15) is 31.5 Å². The van der Waals surface area contributed by atoms with Crippen molar-refractivity contribution in [2.24, 2.45) is 0 Å². The van der Waals surface area contributed by atoms with Gasteiger partial charge in [0.25, 0.3) is 0 Å². The van der Waals surface area contributed by atoms with Gasteiger partial charge in [-0.05, 0) is 37.1 Å². The Labute approximate surface area is 197 Å². The Bertz CT molecular complexity index is 1160. The molecule has 0 aliphatic carbocycles. The summed E-state index contributed by atoms with van der Waals surface area (Å²) in [4.78, 5) is 26.2. The molecule has 180 valence electrons. The molecule has 1 aliphatic heterocycles.